The minimum atomic E-state index is -0.780. The van der Waals surface area contributed by atoms with Crippen LogP contribution in [0.15, 0.2) is 24.3 Å². The largest absolute Gasteiger partial charge is 0.481 e. The van der Waals surface area contributed by atoms with Crippen molar-refractivity contribution in [1.29, 1.82) is 0 Å². The van der Waals surface area contributed by atoms with E-state index < -0.39 is 11.4 Å². The van der Waals surface area contributed by atoms with E-state index in [-0.39, 0.29) is 23.5 Å². The van der Waals surface area contributed by atoms with Crippen LogP contribution in [0.4, 0.5) is 0 Å². The molecule has 3 heteroatoms. The van der Waals surface area contributed by atoms with E-state index in [1.54, 1.807) is 0 Å². The van der Waals surface area contributed by atoms with E-state index in [1.807, 2.05) is 6.92 Å². The number of ketones is 1. The lowest BCUT2D eigenvalue weighted by Gasteiger charge is -2.19. The highest BCUT2D eigenvalue weighted by molar-refractivity contribution is 5.98. The zero-order valence-electron chi connectivity index (χ0n) is 13.5. The van der Waals surface area contributed by atoms with Crippen molar-refractivity contribution in [1.82, 2.24) is 0 Å². The van der Waals surface area contributed by atoms with Gasteiger partial charge in [0.2, 0.25) is 0 Å². The molecule has 0 heterocycles. The molecule has 1 aromatic rings. The Kier molecular flexibility index (Phi) is 3.62. The van der Waals surface area contributed by atoms with Crippen molar-refractivity contribution in [3.8, 4) is 0 Å². The molecule has 2 fully saturated rings. The van der Waals surface area contributed by atoms with Gasteiger partial charge in [-0.3, -0.25) is 9.59 Å². The van der Waals surface area contributed by atoms with Gasteiger partial charge in [0.05, 0.1) is 5.41 Å². The third kappa shape index (κ3) is 2.10. The number of hydrogen-bond donors (Lipinski definition) is 1. The van der Waals surface area contributed by atoms with Gasteiger partial charge in [0.1, 0.15) is 5.78 Å². The number of benzene rings is 1. The minimum absolute atomic E-state index is 0.0129. The van der Waals surface area contributed by atoms with Crippen LogP contribution in [-0.2, 0) is 16.0 Å². The summed E-state index contributed by atoms with van der Waals surface area (Å²) >= 11 is 0. The van der Waals surface area contributed by atoms with Gasteiger partial charge in [0.15, 0.2) is 0 Å². The molecule has 0 spiro atoms. The molecule has 0 saturated heterocycles. The average molecular weight is 300 g/mol. The fraction of sp³-hybridized carbons (Fsp3) is 0.579. The smallest absolute Gasteiger partial charge is 0.310 e. The second-order valence-corrected chi connectivity index (χ2v) is 7.22. The number of carboxylic acid groups (broad SMARTS) is 1. The Bertz CT molecular complexity index is 602. The molecule has 1 N–H and O–H groups in total. The normalized spacial score (nSPS) is 33.1. The molecule has 4 unspecified atom stereocenters. The Labute approximate surface area is 131 Å². The van der Waals surface area contributed by atoms with Crippen LogP contribution in [0.5, 0.6) is 0 Å². The van der Waals surface area contributed by atoms with Crippen LogP contribution in [-0.4, -0.2) is 16.9 Å². The first-order valence-electron chi connectivity index (χ1n) is 8.27. The Morgan fingerprint density at radius 2 is 1.95 bits per heavy atom. The summed E-state index contributed by atoms with van der Waals surface area (Å²) < 4.78 is 0. The SMILES string of the molecule is CCC1(C(=O)O)C2CC(Cc3ccc(C(C)C)cc3)C(=O)C21. The third-order valence-electron chi connectivity index (χ3n) is 5.87. The third-order valence-corrected chi connectivity index (χ3v) is 5.87. The van der Waals surface area contributed by atoms with Crippen molar-refractivity contribution in [2.75, 3.05) is 0 Å². The van der Waals surface area contributed by atoms with Crippen LogP contribution in [0.3, 0.4) is 0 Å². The molecular formula is C19H24O3. The summed E-state index contributed by atoms with van der Waals surface area (Å²) in [5.41, 5.74) is 1.75. The second kappa shape index (κ2) is 5.22. The highest BCUT2D eigenvalue weighted by Gasteiger charge is 2.75. The summed E-state index contributed by atoms with van der Waals surface area (Å²) in [4.78, 5) is 24.0. The summed E-state index contributed by atoms with van der Waals surface area (Å²) in [5.74, 6) is -0.230. The van der Waals surface area contributed by atoms with Gasteiger partial charge in [-0.05, 0) is 42.2 Å². The number of carbonyl (C=O) groups is 2. The van der Waals surface area contributed by atoms with Crippen molar-refractivity contribution in [2.45, 2.75) is 46.0 Å². The molecule has 0 radical (unpaired) electrons. The molecule has 2 saturated carbocycles. The number of carbonyl (C=O) groups excluding carboxylic acids is 1. The lowest BCUT2D eigenvalue weighted by molar-refractivity contribution is -0.147. The molecule has 0 aliphatic heterocycles. The first-order valence-corrected chi connectivity index (χ1v) is 8.27. The minimum Gasteiger partial charge on any atom is -0.481 e. The van der Waals surface area contributed by atoms with Crippen molar-refractivity contribution in [2.24, 2.45) is 23.2 Å². The monoisotopic (exact) mass is 300 g/mol. The standard InChI is InChI=1S/C19H24O3/c1-4-19(18(21)22)15-10-14(17(20)16(15)19)9-12-5-7-13(8-6-12)11(2)3/h5-8,11,14-16H,4,9-10H2,1-3H3,(H,21,22). The van der Waals surface area contributed by atoms with Crippen LogP contribution in [0.2, 0.25) is 0 Å². The van der Waals surface area contributed by atoms with Crippen molar-refractivity contribution >= 4 is 11.8 Å². The van der Waals surface area contributed by atoms with E-state index >= 15 is 0 Å². The summed E-state index contributed by atoms with van der Waals surface area (Å²) in [6.45, 7) is 6.22. The summed E-state index contributed by atoms with van der Waals surface area (Å²) in [5, 5.41) is 9.43. The lowest BCUT2D eigenvalue weighted by Crippen LogP contribution is -2.27. The van der Waals surface area contributed by atoms with Crippen LogP contribution < -0.4 is 0 Å². The van der Waals surface area contributed by atoms with E-state index in [4.69, 9.17) is 0 Å². The van der Waals surface area contributed by atoms with Gasteiger partial charge in [-0.2, -0.15) is 0 Å². The molecule has 118 valence electrons. The zero-order chi connectivity index (χ0) is 16.1. The predicted octanol–water partition coefficient (Wildman–Crippen LogP) is 3.67. The van der Waals surface area contributed by atoms with Crippen LogP contribution in [0.1, 0.15) is 50.7 Å². The zero-order valence-corrected chi connectivity index (χ0v) is 13.5. The molecule has 2 aliphatic rings. The van der Waals surface area contributed by atoms with E-state index in [1.165, 1.54) is 11.1 Å². The molecule has 22 heavy (non-hydrogen) atoms. The van der Waals surface area contributed by atoms with E-state index in [0.29, 0.717) is 12.3 Å². The van der Waals surface area contributed by atoms with Crippen molar-refractivity contribution < 1.29 is 14.7 Å². The highest BCUT2D eigenvalue weighted by atomic mass is 16.4. The number of hydrogen-bond acceptors (Lipinski definition) is 2. The Hall–Kier alpha value is -1.64. The number of rotatable bonds is 5. The fourth-order valence-electron chi connectivity index (χ4n) is 4.43. The molecule has 2 aliphatic carbocycles. The first-order chi connectivity index (χ1) is 10.4. The number of fused-ring (bicyclic) bond motifs is 1. The Balaban J connectivity index is 1.68. The van der Waals surface area contributed by atoms with Crippen LogP contribution in [0, 0.1) is 23.2 Å². The molecule has 0 amide bonds. The molecular weight excluding hydrogens is 276 g/mol. The topological polar surface area (TPSA) is 54.4 Å². The number of carboxylic acids is 1. The highest BCUT2D eigenvalue weighted by Crippen LogP contribution is 2.69. The predicted molar refractivity (Wildman–Crippen MR) is 84.7 cm³/mol. The van der Waals surface area contributed by atoms with Crippen molar-refractivity contribution in [3.05, 3.63) is 35.4 Å². The summed E-state index contributed by atoms with van der Waals surface area (Å²) in [6.07, 6.45) is 2.07. The fourth-order valence-corrected chi connectivity index (χ4v) is 4.43. The second-order valence-electron chi connectivity index (χ2n) is 7.22. The van der Waals surface area contributed by atoms with Gasteiger partial charge in [-0.25, -0.2) is 0 Å². The van der Waals surface area contributed by atoms with E-state index in [9.17, 15) is 14.7 Å². The Morgan fingerprint density at radius 1 is 1.32 bits per heavy atom. The molecule has 0 bridgehead atoms. The molecule has 3 rings (SSSR count). The van der Waals surface area contributed by atoms with Gasteiger partial charge in [-0.15, -0.1) is 0 Å². The maximum absolute atomic E-state index is 12.5. The van der Waals surface area contributed by atoms with Crippen molar-refractivity contribution in [3.63, 3.8) is 0 Å². The average Bonchev–Trinajstić information content (AvgIpc) is 3.04. The summed E-state index contributed by atoms with van der Waals surface area (Å²) in [7, 11) is 0. The van der Waals surface area contributed by atoms with E-state index in [0.717, 1.165) is 12.8 Å². The maximum Gasteiger partial charge on any atom is 0.310 e. The van der Waals surface area contributed by atoms with Gasteiger partial charge >= 0.3 is 5.97 Å². The summed E-state index contributed by atoms with van der Waals surface area (Å²) in [6, 6.07) is 8.48. The molecule has 4 atom stereocenters. The van der Waals surface area contributed by atoms with Crippen LogP contribution in [0.25, 0.3) is 0 Å². The number of aliphatic carboxylic acids is 1. The lowest BCUT2D eigenvalue weighted by atomic mass is 9.84. The van der Waals surface area contributed by atoms with Gasteiger partial charge < -0.3 is 5.11 Å². The maximum atomic E-state index is 12.5. The van der Waals surface area contributed by atoms with Crippen LogP contribution >= 0.6 is 0 Å². The first kappa shape index (κ1) is 15.3. The van der Waals surface area contributed by atoms with Gasteiger partial charge in [0.25, 0.3) is 0 Å². The Morgan fingerprint density at radius 3 is 2.36 bits per heavy atom. The molecule has 1 aromatic carbocycles. The number of Topliss-reactive ketones (excluding diaryl/α,β-unsaturated/α-hetero) is 1. The van der Waals surface area contributed by atoms with Gasteiger partial charge in [-0.1, -0.05) is 45.0 Å². The molecule has 0 aromatic heterocycles. The quantitative estimate of drug-likeness (QED) is 0.902. The van der Waals surface area contributed by atoms with E-state index in [2.05, 4.69) is 38.1 Å². The molecule has 3 nitrogen and oxygen atoms in total. The van der Waals surface area contributed by atoms with Gasteiger partial charge in [0, 0.05) is 11.8 Å².